The van der Waals surface area contributed by atoms with Crippen LogP contribution in [-0.2, 0) is 0 Å². The molecule has 0 aliphatic rings. The largest absolute Gasteiger partial charge is 0.196 e. The minimum atomic E-state index is -1.89. The summed E-state index contributed by atoms with van der Waals surface area (Å²) in [4.78, 5) is 0. The number of halogens is 1. The van der Waals surface area contributed by atoms with Crippen molar-refractivity contribution in [1.29, 1.82) is 0 Å². The summed E-state index contributed by atoms with van der Waals surface area (Å²) < 4.78 is 0. The van der Waals surface area contributed by atoms with E-state index in [4.69, 9.17) is 0 Å². The van der Waals surface area contributed by atoms with Gasteiger partial charge in [0.15, 0.2) is 6.69 Å². The molecule has 0 fully saturated rings. The fourth-order valence-electron chi connectivity index (χ4n) is 2.37. The zero-order valence-electron chi connectivity index (χ0n) is 11.2. The van der Waals surface area contributed by atoms with Crippen molar-refractivity contribution in [2.75, 3.05) is 0 Å². The topological polar surface area (TPSA) is 0 Å². The van der Waals surface area contributed by atoms with Crippen molar-refractivity contribution in [2.45, 2.75) is 25.8 Å². The second-order valence-electron chi connectivity index (χ2n) is 5.64. The lowest BCUT2D eigenvalue weighted by molar-refractivity contribution is 0.747. The molecule has 0 spiro atoms. The van der Waals surface area contributed by atoms with Gasteiger partial charge in [-0.25, -0.2) is 0 Å². The Labute approximate surface area is 119 Å². The molecule has 0 amide bonds. The van der Waals surface area contributed by atoms with Crippen LogP contribution < -0.4 is 10.4 Å². The number of hydrogen-bond acceptors (Lipinski definition) is 0. The second-order valence-corrected chi connectivity index (χ2v) is 13.2. The van der Waals surface area contributed by atoms with Crippen LogP contribution in [0.15, 0.2) is 60.7 Å². The minimum Gasteiger partial charge on any atom is -0.113 e. The minimum absolute atomic E-state index is 0.218. The van der Waals surface area contributed by atoms with Gasteiger partial charge in [0, 0.05) is 0 Å². The van der Waals surface area contributed by atoms with E-state index >= 15 is 0 Å². The number of hydrogen-bond donors (Lipinski definition) is 0. The molecule has 2 rings (SSSR count). The molecule has 2 aromatic rings. The molecule has 0 heterocycles. The third kappa shape index (κ3) is 2.32. The van der Waals surface area contributed by atoms with Crippen molar-refractivity contribution in [3.05, 3.63) is 60.7 Å². The van der Waals surface area contributed by atoms with Gasteiger partial charge in [-0.15, -0.1) is 15.3 Å². The Kier molecular flexibility index (Phi) is 3.78. The van der Waals surface area contributed by atoms with E-state index in [1.165, 1.54) is 10.4 Å². The third-order valence-electron chi connectivity index (χ3n) is 3.38. The van der Waals surface area contributed by atoms with Gasteiger partial charge in [-0.3, -0.25) is 0 Å². The Balaban J connectivity index is 2.63. The van der Waals surface area contributed by atoms with Crippen molar-refractivity contribution in [3.8, 4) is 0 Å². The number of rotatable bonds is 2. The number of benzene rings is 2. The molecule has 0 aliphatic carbocycles. The summed E-state index contributed by atoms with van der Waals surface area (Å²) in [6, 6.07) is 21.7. The zero-order chi connectivity index (χ0) is 13.2. The monoisotopic (exact) mass is 318 g/mol. The van der Waals surface area contributed by atoms with Gasteiger partial charge in [-0.1, -0.05) is 81.4 Å². The molecule has 94 valence electrons. The summed E-state index contributed by atoms with van der Waals surface area (Å²) in [5.74, 6) is 0. The van der Waals surface area contributed by atoms with Gasteiger partial charge in [0.2, 0.25) is 0 Å². The van der Waals surface area contributed by atoms with Crippen LogP contribution >= 0.6 is 15.3 Å². The maximum absolute atomic E-state index is 4.16. The molecule has 0 saturated carbocycles. The van der Waals surface area contributed by atoms with Crippen LogP contribution in [0.25, 0.3) is 0 Å². The first-order valence-corrected chi connectivity index (χ1v) is 10.5. The first-order valence-electron chi connectivity index (χ1n) is 6.26. The fourth-order valence-corrected chi connectivity index (χ4v) is 7.32. The molecule has 0 nitrogen and oxygen atoms in total. The van der Waals surface area contributed by atoms with Crippen LogP contribution in [0.2, 0.25) is 5.04 Å². The van der Waals surface area contributed by atoms with Crippen LogP contribution in [0.1, 0.15) is 20.8 Å². The normalized spacial score (nSPS) is 12.4. The van der Waals surface area contributed by atoms with Crippen molar-refractivity contribution in [1.82, 2.24) is 0 Å². The van der Waals surface area contributed by atoms with Crippen molar-refractivity contribution >= 4 is 32.4 Å². The van der Waals surface area contributed by atoms with Crippen LogP contribution in [-0.4, -0.2) is 6.69 Å². The highest BCUT2D eigenvalue weighted by Crippen LogP contribution is 2.39. The zero-order valence-corrected chi connectivity index (χ0v) is 13.7. The molecular weight excluding hydrogens is 300 g/mol. The van der Waals surface area contributed by atoms with Crippen LogP contribution in [0.4, 0.5) is 0 Å². The lowest BCUT2D eigenvalue weighted by Crippen LogP contribution is -2.59. The van der Waals surface area contributed by atoms with Crippen LogP contribution in [0, 0.1) is 0 Å². The maximum atomic E-state index is 4.16. The molecule has 0 unspecified atom stereocenters. The molecule has 0 aliphatic heterocycles. The average Bonchev–Trinajstić information content (AvgIpc) is 2.38. The summed E-state index contributed by atoms with van der Waals surface area (Å²) >= 11 is 4.16. The van der Waals surface area contributed by atoms with Crippen LogP contribution in [0.5, 0.6) is 0 Å². The molecule has 0 bridgehead atoms. The highest BCUT2D eigenvalue weighted by atomic mass is 79.9. The fraction of sp³-hybridized carbons (Fsp3) is 0.250. The van der Waals surface area contributed by atoms with Crippen molar-refractivity contribution in [3.63, 3.8) is 0 Å². The predicted octanol–water partition coefficient (Wildman–Crippen LogP) is 3.94. The highest BCUT2D eigenvalue weighted by Gasteiger charge is 2.45. The van der Waals surface area contributed by atoms with E-state index in [-0.39, 0.29) is 5.04 Å². The molecular formula is C16H19BrSi. The lowest BCUT2D eigenvalue weighted by Gasteiger charge is -2.38. The molecule has 2 heteroatoms. The maximum Gasteiger partial charge on any atom is 0.196 e. The van der Waals surface area contributed by atoms with Crippen LogP contribution in [0.3, 0.4) is 0 Å². The van der Waals surface area contributed by atoms with Crippen molar-refractivity contribution in [2.24, 2.45) is 0 Å². The van der Waals surface area contributed by atoms with Gasteiger partial charge in [0.25, 0.3) is 0 Å². The molecule has 2 aromatic carbocycles. The van der Waals surface area contributed by atoms with E-state index in [0.29, 0.717) is 0 Å². The standard InChI is InChI=1S/C16H19BrSi/c1-16(2,3)18(17,14-10-6-4-7-11-14)15-12-8-5-9-13-15/h4-13H,1-3H3. The summed E-state index contributed by atoms with van der Waals surface area (Å²) in [7, 11) is 0. The second kappa shape index (κ2) is 5.02. The van der Waals surface area contributed by atoms with Gasteiger partial charge >= 0.3 is 0 Å². The van der Waals surface area contributed by atoms with Gasteiger partial charge in [-0.05, 0) is 15.4 Å². The quantitative estimate of drug-likeness (QED) is 0.581. The van der Waals surface area contributed by atoms with Gasteiger partial charge in [0.1, 0.15) is 0 Å². The van der Waals surface area contributed by atoms with Gasteiger partial charge < -0.3 is 0 Å². The smallest absolute Gasteiger partial charge is 0.113 e. The molecule has 18 heavy (non-hydrogen) atoms. The molecule has 0 aromatic heterocycles. The molecule has 0 radical (unpaired) electrons. The Hall–Kier alpha value is -0.863. The Morgan fingerprint density at radius 1 is 0.722 bits per heavy atom. The third-order valence-corrected chi connectivity index (χ3v) is 14.0. The Morgan fingerprint density at radius 3 is 1.33 bits per heavy atom. The predicted molar refractivity (Wildman–Crippen MR) is 86.5 cm³/mol. The van der Waals surface area contributed by atoms with E-state index < -0.39 is 6.69 Å². The van der Waals surface area contributed by atoms with E-state index in [1.54, 1.807) is 0 Å². The lowest BCUT2D eigenvalue weighted by atomic mass is 10.2. The molecule has 0 N–H and O–H groups in total. The first-order chi connectivity index (χ1) is 8.46. The van der Waals surface area contributed by atoms with Crippen molar-refractivity contribution < 1.29 is 0 Å². The molecule has 0 atom stereocenters. The van der Waals surface area contributed by atoms with E-state index in [1.807, 2.05) is 0 Å². The first kappa shape index (κ1) is 13.6. The van der Waals surface area contributed by atoms with Gasteiger partial charge in [0.05, 0.1) is 0 Å². The summed E-state index contributed by atoms with van der Waals surface area (Å²) in [6.45, 7) is 5.09. The summed E-state index contributed by atoms with van der Waals surface area (Å²) in [5, 5.41) is 3.09. The summed E-state index contributed by atoms with van der Waals surface area (Å²) in [5.41, 5.74) is 0. The SMILES string of the molecule is CC(C)(C)[Si](Br)(c1ccccc1)c1ccccc1. The highest BCUT2D eigenvalue weighted by molar-refractivity contribution is 9.27. The van der Waals surface area contributed by atoms with E-state index in [0.717, 1.165) is 0 Å². The Bertz CT molecular complexity index is 460. The summed E-state index contributed by atoms with van der Waals surface area (Å²) in [6.07, 6.45) is 0. The van der Waals surface area contributed by atoms with Gasteiger partial charge in [-0.2, -0.15) is 0 Å². The Morgan fingerprint density at radius 2 is 1.06 bits per heavy atom. The van der Waals surface area contributed by atoms with E-state index in [9.17, 15) is 0 Å². The van der Waals surface area contributed by atoms with E-state index in [2.05, 4.69) is 96.7 Å². The average molecular weight is 319 g/mol. The molecule has 0 saturated heterocycles.